The highest BCUT2D eigenvalue weighted by Crippen LogP contribution is 2.25. The van der Waals surface area contributed by atoms with Crippen molar-refractivity contribution in [2.75, 3.05) is 50.7 Å². The number of hydrogen-bond acceptors (Lipinski definition) is 7. The first-order chi connectivity index (χ1) is 23.2. The van der Waals surface area contributed by atoms with Crippen molar-refractivity contribution in [2.24, 2.45) is 0 Å². The zero-order valence-corrected chi connectivity index (χ0v) is 26.9. The molecule has 1 saturated heterocycles. The van der Waals surface area contributed by atoms with E-state index in [0.29, 0.717) is 37.4 Å². The summed E-state index contributed by atoms with van der Waals surface area (Å²) < 4.78 is 66.1. The summed E-state index contributed by atoms with van der Waals surface area (Å²) in [5, 5.41) is 2.98. The molecule has 0 aliphatic carbocycles. The number of carbonyl (C=O) groups excluding carboxylic acids is 2. The number of nitrogens with zero attached hydrogens (tertiary/aromatic N) is 2. The summed E-state index contributed by atoms with van der Waals surface area (Å²) in [6, 6.07) is 23.9. The third-order valence-corrected chi connectivity index (χ3v) is 9.08. The monoisotopic (exact) mass is 678 g/mol. The maximum absolute atomic E-state index is 13.9. The van der Waals surface area contributed by atoms with E-state index in [4.69, 9.17) is 9.47 Å². The fourth-order valence-corrected chi connectivity index (χ4v) is 6.21. The smallest absolute Gasteiger partial charge is 0.261 e. The molecule has 1 unspecified atom stereocenters. The second-order valence-corrected chi connectivity index (χ2v) is 12.8. The number of nitrogens with one attached hydrogen (secondary N) is 2. The number of ether oxygens (including phenoxy) is 2. The second-order valence-electron chi connectivity index (χ2n) is 11.1. The quantitative estimate of drug-likeness (QED) is 0.204. The maximum Gasteiger partial charge on any atom is 0.261 e. The topological polar surface area (TPSA) is 117 Å². The number of hydrogen-bond donors (Lipinski definition) is 2. The van der Waals surface area contributed by atoms with Gasteiger partial charge in [0.1, 0.15) is 23.4 Å². The van der Waals surface area contributed by atoms with Gasteiger partial charge in [0.2, 0.25) is 5.91 Å². The Kier molecular flexibility index (Phi) is 11.7. The molecule has 1 atom stereocenters. The Hall–Kier alpha value is -4.85. The molecule has 0 radical (unpaired) electrons. The van der Waals surface area contributed by atoms with E-state index in [2.05, 4.69) is 14.9 Å². The lowest BCUT2D eigenvalue weighted by Gasteiger charge is -2.32. The van der Waals surface area contributed by atoms with Gasteiger partial charge in [0, 0.05) is 38.4 Å². The van der Waals surface area contributed by atoms with Crippen LogP contribution in [0.15, 0.2) is 108 Å². The van der Waals surface area contributed by atoms with Gasteiger partial charge in [-0.05, 0) is 71.8 Å². The Morgan fingerprint density at radius 3 is 2.12 bits per heavy atom. The molecule has 0 spiro atoms. The minimum atomic E-state index is -3.98. The van der Waals surface area contributed by atoms with Crippen molar-refractivity contribution in [3.05, 3.63) is 126 Å². The van der Waals surface area contributed by atoms with Crippen LogP contribution in [-0.4, -0.2) is 76.0 Å². The van der Waals surface area contributed by atoms with Crippen LogP contribution in [-0.2, 0) is 30.9 Å². The molecule has 0 aromatic heterocycles. The number of rotatable bonds is 14. The molecule has 1 fully saturated rings. The summed E-state index contributed by atoms with van der Waals surface area (Å²) in [5.41, 5.74) is 1.39. The summed E-state index contributed by atoms with van der Waals surface area (Å²) in [6.07, 6.45) is 0. The van der Waals surface area contributed by atoms with Crippen LogP contribution < -0.4 is 14.8 Å². The fourth-order valence-electron chi connectivity index (χ4n) is 5.15. The van der Waals surface area contributed by atoms with E-state index >= 15 is 0 Å². The van der Waals surface area contributed by atoms with Gasteiger partial charge in [-0.15, -0.1) is 0 Å². The van der Waals surface area contributed by atoms with Crippen LogP contribution in [0.3, 0.4) is 0 Å². The first kappa shape index (κ1) is 34.5. The fraction of sp³-hybridized carbons (Fsp3) is 0.257. The summed E-state index contributed by atoms with van der Waals surface area (Å²) in [5.74, 6) is -1.61. The lowest BCUT2D eigenvalue weighted by Crippen LogP contribution is -2.47. The van der Waals surface area contributed by atoms with Crippen LogP contribution in [0.1, 0.15) is 17.2 Å². The van der Waals surface area contributed by atoms with Crippen molar-refractivity contribution in [1.29, 1.82) is 0 Å². The van der Waals surface area contributed by atoms with Crippen molar-refractivity contribution in [1.82, 2.24) is 15.1 Å². The Labute approximate surface area is 278 Å². The van der Waals surface area contributed by atoms with Gasteiger partial charge in [-0.2, -0.15) is 0 Å². The van der Waals surface area contributed by atoms with Crippen LogP contribution in [0, 0.1) is 11.6 Å². The second kappa shape index (κ2) is 16.3. The first-order valence-corrected chi connectivity index (χ1v) is 16.8. The molecular formula is C35H36F2N4O6S. The van der Waals surface area contributed by atoms with Gasteiger partial charge in [0.15, 0.2) is 6.61 Å². The van der Waals surface area contributed by atoms with Crippen molar-refractivity contribution < 1.29 is 36.3 Å². The van der Waals surface area contributed by atoms with Crippen LogP contribution in [0.4, 0.5) is 14.5 Å². The Morgan fingerprint density at radius 2 is 1.48 bits per heavy atom. The van der Waals surface area contributed by atoms with Gasteiger partial charge in [-0.1, -0.05) is 42.5 Å². The number of halogens is 2. The SMILES string of the molecule is O=C(NCCN1CCOCC1)C(c1ccccc1)N(Cc1ccc(F)cc1)C(=O)COc1ccc(S(=O)(=O)Nc2ccc(F)cc2)cc1. The summed E-state index contributed by atoms with van der Waals surface area (Å²) in [4.78, 5) is 31.2. The average molecular weight is 679 g/mol. The molecule has 4 aromatic rings. The van der Waals surface area contributed by atoms with Gasteiger partial charge >= 0.3 is 0 Å². The van der Waals surface area contributed by atoms with Gasteiger partial charge in [-0.25, -0.2) is 17.2 Å². The molecule has 48 heavy (non-hydrogen) atoms. The predicted molar refractivity (Wildman–Crippen MR) is 176 cm³/mol. The zero-order valence-electron chi connectivity index (χ0n) is 26.1. The standard InChI is InChI=1S/C35H36F2N4O6S/c36-28-8-6-26(7-9-28)24-41(34(27-4-2-1-3-5-27)35(43)38-18-19-40-20-22-46-23-21-40)33(42)25-47-31-14-16-32(17-15-31)48(44,45)39-30-12-10-29(37)11-13-30/h1-17,34,39H,18-25H2,(H,38,43). The van der Waals surface area contributed by atoms with Crippen molar-refractivity contribution in [3.63, 3.8) is 0 Å². The van der Waals surface area contributed by atoms with Crippen LogP contribution in [0.5, 0.6) is 5.75 Å². The molecule has 4 aromatic carbocycles. The zero-order chi connectivity index (χ0) is 33.9. The van der Waals surface area contributed by atoms with Crippen LogP contribution in [0.2, 0.25) is 0 Å². The number of anilines is 1. The number of benzene rings is 4. The van der Waals surface area contributed by atoms with Crippen molar-refractivity contribution >= 4 is 27.5 Å². The van der Waals surface area contributed by atoms with Crippen molar-refractivity contribution in [3.8, 4) is 5.75 Å². The minimum Gasteiger partial charge on any atom is -0.484 e. The van der Waals surface area contributed by atoms with E-state index in [1.165, 1.54) is 53.4 Å². The minimum absolute atomic E-state index is 0.00878. The molecule has 252 valence electrons. The summed E-state index contributed by atoms with van der Waals surface area (Å²) >= 11 is 0. The van der Waals surface area contributed by atoms with E-state index in [1.54, 1.807) is 36.4 Å². The van der Waals surface area contributed by atoms with E-state index < -0.39 is 40.2 Å². The number of amides is 2. The molecular weight excluding hydrogens is 642 g/mol. The molecule has 1 aliphatic rings. The molecule has 10 nitrogen and oxygen atoms in total. The van der Waals surface area contributed by atoms with E-state index in [1.807, 2.05) is 6.07 Å². The highest BCUT2D eigenvalue weighted by Gasteiger charge is 2.32. The van der Waals surface area contributed by atoms with Crippen LogP contribution in [0.25, 0.3) is 0 Å². The Balaban J connectivity index is 1.31. The molecule has 13 heteroatoms. The van der Waals surface area contributed by atoms with Gasteiger partial charge in [0.05, 0.1) is 18.1 Å². The van der Waals surface area contributed by atoms with E-state index in [-0.39, 0.29) is 28.8 Å². The number of morpholine rings is 1. The highest BCUT2D eigenvalue weighted by molar-refractivity contribution is 7.92. The number of sulfonamides is 1. The van der Waals surface area contributed by atoms with Crippen molar-refractivity contribution in [2.45, 2.75) is 17.5 Å². The molecule has 1 aliphatic heterocycles. The summed E-state index contributed by atoms with van der Waals surface area (Å²) in [6.45, 7) is 3.30. The highest BCUT2D eigenvalue weighted by atomic mass is 32.2. The van der Waals surface area contributed by atoms with Gasteiger partial charge in [-0.3, -0.25) is 19.2 Å². The predicted octanol–water partition coefficient (Wildman–Crippen LogP) is 4.36. The van der Waals surface area contributed by atoms with E-state index in [0.717, 1.165) is 25.2 Å². The Bertz CT molecular complexity index is 1750. The molecule has 1 heterocycles. The molecule has 0 saturated carbocycles. The number of carbonyl (C=O) groups is 2. The lowest BCUT2D eigenvalue weighted by atomic mass is 10.0. The average Bonchev–Trinajstić information content (AvgIpc) is 3.10. The molecule has 5 rings (SSSR count). The lowest BCUT2D eigenvalue weighted by molar-refractivity contribution is -0.143. The van der Waals surface area contributed by atoms with Gasteiger partial charge in [0.25, 0.3) is 15.9 Å². The third kappa shape index (κ3) is 9.59. The molecule has 2 N–H and O–H groups in total. The van der Waals surface area contributed by atoms with Crippen LogP contribution >= 0.6 is 0 Å². The van der Waals surface area contributed by atoms with Gasteiger partial charge < -0.3 is 19.7 Å². The molecule has 2 amide bonds. The molecule has 0 bridgehead atoms. The Morgan fingerprint density at radius 1 is 0.854 bits per heavy atom. The third-order valence-electron chi connectivity index (χ3n) is 7.69. The summed E-state index contributed by atoms with van der Waals surface area (Å²) in [7, 11) is -3.98. The maximum atomic E-state index is 13.9. The largest absolute Gasteiger partial charge is 0.484 e. The first-order valence-electron chi connectivity index (χ1n) is 15.4. The van der Waals surface area contributed by atoms with E-state index in [9.17, 15) is 26.8 Å². The normalized spacial score (nSPS) is 14.1.